The third-order valence-corrected chi connectivity index (χ3v) is 3.31. The summed E-state index contributed by atoms with van der Waals surface area (Å²) in [4.78, 5) is 0. The summed E-state index contributed by atoms with van der Waals surface area (Å²) in [6.07, 6.45) is 8.37. The number of hydrogen-bond donors (Lipinski definition) is 1. The SMILES string of the molecule is CCCn1ccc(CNC2CC2CC)c1. The molecule has 0 spiro atoms. The molecule has 0 aliphatic heterocycles. The minimum Gasteiger partial charge on any atom is -0.354 e. The predicted octanol–water partition coefficient (Wildman–Crippen LogP) is 2.79. The molecule has 1 fully saturated rings. The fourth-order valence-electron chi connectivity index (χ4n) is 2.19. The highest BCUT2D eigenvalue weighted by atomic mass is 15.0. The predicted molar refractivity (Wildman–Crippen MR) is 63.7 cm³/mol. The Balaban J connectivity index is 1.74. The van der Waals surface area contributed by atoms with Crippen LogP contribution in [0.3, 0.4) is 0 Å². The summed E-state index contributed by atoms with van der Waals surface area (Å²) in [5.74, 6) is 0.947. The van der Waals surface area contributed by atoms with Crippen molar-refractivity contribution in [3.63, 3.8) is 0 Å². The van der Waals surface area contributed by atoms with Crippen LogP contribution in [0.2, 0.25) is 0 Å². The second kappa shape index (κ2) is 4.84. The molecule has 1 heterocycles. The maximum Gasteiger partial charge on any atom is 0.0223 e. The lowest BCUT2D eigenvalue weighted by molar-refractivity contribution is 0.620. The first-order valence-electron chi connectivity index (χ1n) is 6.21. The van der Waals surface area contributed by atoms with E-state index in [2.05, 4.69) is 42.2 Å². The molecule has 1 aromatic rings. The molecule has 84 valence electrons. The van der Waals surface area contributed by atoms with Crippen molar-refractivity contribution in [2.75, 3.05) is 0 Å². The summed E-state index contributed by atoms with van der Waals surface area (Å²) < 4.78 is 2.28. The summed E-state index contributed by atoms with van der Waals surface area (Å²) in [6.45, 7) is 6.68. The average Bonchev–Trinajstić information content (AvgIpc) is 2.88. The van der Waals surface area contributed by atoms with E-state index in [0.717, 1.165) is 25.0 Å². The lowest BCUT2D eigenvalue weighted by atomic mass is 10.3. The van der Waals surface area contributed by atoms with Crippen LogP contribution in [-0.2, 0) is 13.1 Å². The van der Waals surface area contributed by atoms with E-state index >= 15 is 0 Å². The Hall–Kier alpha value is -0.760. The Kier molecular flexibility index (Phi) is 3.47. The molecule has 1 aliphatic carbocycles. The Morgan fingerprint density at radius 3 is 3.00 bits per heavy atom. The van der Waals surface area contributed by atoms with Gasteiger partial charge in [0.1, 0.15) is 0 Å². The zero-order valence-corrected chi connectivity index (χ0v) is 9.87. The Morgan fingerprint density at radius 2 is 2.33 bits per heavy atom. The summed E-state index contributed by atoms with van der Waals surface area (Å²) in [6, 6.07) is 3.02. The average molecular weight is 206 g/mol. The first-order valence-corrected chi connectivity index (χ1v) is 6.21. The van der Waals surface area contributed by atoms with E-state index in [-0.39, 0.29) is 0 Å². The normalized spacial score (nSPS) is 24.4. The van der Waals surface area contributed by atoms with Crippen molar-refractivity contribution in [1.82, 2.24) is 9.88 Å². The van der Waals surface area contributed by atoms with Crippen LogP contribution in [0, 0.1) is 5.92 Å². The van der Waals surface area contributed by atoms with Gasteiger partial charge in [-0.05, 0) is 30.4 Å². The molecule has 2 atom stereocenters. The summed E-state index contributed by atoms with van der Waals surface area (Å²) >= 11 is 0. The quantitative estimate of drug-likeness (QED) is 0.757. The maximum absolute atomic E-state index is 3.62. The van der Waals surface area contributed by atoms with Gasteiger partial charge >= 0.3 is 0 Å². The van der Waals surface area contributed by atoms with Gasteiger partial charge in [0.2, 0.25) is 0 Å². The molecule has 1 aromatic heterocycles. The topological polar surface area (TPSA) is 17.0 Å². The van der Waals surface area contributed by atoms with Crippen LogP contribution >= 0.6 is 0 Å². The smallest absolute Gasteiger partial charge is 0.0223 e. The number of hydrogen-bond acceptors (Lipinski definition) is 1. The first-order chi connectivity index (χ1) is 7.33. The van der Waals surface area contributed by atoms with E-state index in [9.17, 15) is 0 Å². The highest BCUT2D eigenvalue weighted by Crippen LogP contribution is 2.33. The fourth-order valence-corrected chi connectivity index (χ4v) is 2.19. The third kappa shape index (κ3) is 2.85. The monoisotopic (exact) mass is 206 g/mol. The van der Waals surface area contributed by atoms with Gasteiger partial charge in [0.05, 0.1) is 0 Å². The third-order valence-electron chi connectivity index (χ3n) is 3.31. The molecule has 0 aromatic carbocycles. The summed E-state index contributed by atoms with van der Waals surface area (Å²) in [5.41, 5.74) is 1.42. The summed E-state index contributed by atoms with van der Waals surface area (Å²) in [7, 11) is 0. The molecule has 0 bridgehead atoms. The van der Waals surface area contributed by atoms with Crippen LogP contribution in [0.5, 0.6) is 0 Å². The number of nitrogens with one attached hydrogen (secondary N) is 1. The van der Waals surface area contributed by atoms with Gasteiger partial charge in [-0.2, -0.15) is 0 Å². The van der Waals surface area contributed by atoms with Crippen LogP contribution in [-0.4, -0.2) is 10.6 Å². The second-order valence-corrected chi connectivity index (χ2v) is 4.65. The number of aryl methyl sites for hydroxylation is 1. The van der Waals surface area contributed by atoms with Crippen LogP contribution < -0.4 is 5.32 Å². The number of nitrogens with zero attached hydrogens (tertiary/aromatic N) is 1. The molecule has 0 radical (unpaired) electrons. The standard InChI is InChI=1S/C13H22N2/c1-3-6-15-7-5-11(10-15)9-14-13-8-12(13)4-2/h5,7,10,12-14H,3-4,6,8-9H2,1-2H3. The van der Waals surface area contributed by atoms with Gasteiger partial charge in [-0.3, -0.25) is 0 Å². The molecule has 0 saturated heterocycles. The molecule has 0 amide bonds. The molecular formula is C13H22N2. The van der Waals surface area contributed by atoms with Crippen molar-refractivity contribution in [2.45, 2.75) is 52.2 Å². The van der Waals surface area contributed by atoms with Crippen LogP contribution in [0.15, 0.2) is 18.5 Å². The van der Waals surface area contributed by atoms with Crippen molar-refractivity contribution < 1.29 is 0 Å². The van der Waals surface area contributed by atoms with Crippen LogP contribution in [0.1, 0.15) is 38.7 Å². The molecule has 2 nitrogen and oxygen atoms in total. The Bertz CT molecular complexity index is 303. The van der Waals surface area contributed by atoms with Crippen molar-refractivity contribution in [2.24, 2.45) is 5.92 Å². The minimum absolute atomic E-state index is 0.796. The van der Waals surface area contributed by atoms with E-state index in [1.54, 1.807) is 0 Å². The van der Waals surface area contributed by atoms with Gasteiger partial charge < -0.3 is 9.88 Å². The maximum atomic E-state index is 3.62. The molecular weight excluding hydrogens is 184 g/mol. The van der Waals surface area contributed by atoms with E-state index < -0.39 is 0 Å². The Morgan fingerprint density at radius 1 is 1.47 bits per heavy atom. The van der Waals surface area contributed by atoms with E-state index in [0.29, 0.717) is 0 Å². The van der Waals surface area contributed by atoms with Gasteiger partial charge in [0.15, 0.2) is 0 Å². The van der Waals surface area contributed by atoms with E-state index in [1.807, 2.05) is 0 Å². The van der Waals surface area contributed by atoms with Crippen molar-refractivity contribution in [3.8, 4) is 0 Å². The number of rotatable bonds is 6. The molecule has 2 unspecified atom stereocenters. The van der Waals surface area contributed by atoms with E-state index in [1.165, 1.54) is 24.8 Å². The van der Waals surface area contributed by atoms with Gasteiger partial charge in [0, 0.05) is 31.5 Å². The summed E-state index contributed by atoms with van der Waals surface area (Å²) in [5, 5.41) is 3.62. The molecule has 2 heteroatoms. The fraction of sp³-hybridized carbons (Fsp3) is 0.692. The molecule has 15 heavy (non-hydrogen) atoms. The van der Waals surface area contributed by atoms with Crippen LogP contribution in [0.25, 0.3) is 0 Å². The lowest BCUT2D eigenvalue weighted by Crippen LogP contribution is -2.17. The highest BCUT2D eigenvalue weighted by Gasteiger charge is 2.34. The minimum atomic E-state index is 0.796. The molecule has 1 saturated carbocycles. The highest BCUT2D eigenvalue weighted by molar-refractivity contribution is 5.10. The lowest BCUT2D eigenvalue weighted by Gasteiger charge is -2.01. The van der Waals surface area contributed by atoms with E-state index in [4.69, 9.17) is 0 Å². The zero-order chi connectivity index (χ0) is 10.7. The first kappa shape index (κ1) is 10.7. The number of aromatic nitrogens is 1. The van der Waals surface area contributed by atoms with Gasteiger partial charge in [-0.15, -0.1) is 0 Å². The molecule has 2 rings (SSSR count). The van der Waals surface area contributed by atoms with Gasteiger partial charge in [-0.25, -0.2) is 0 Å². The van der Waals surface area contributed by atoms with Crippen molar-refractivity contribution >= 4 is 0 Å². The van der Waals surface area contributed by atoms with Gasteiger partial charge in [-0.1, -0.05) is 20.3 Å². The molecule has 1 N–H and O–H groups in total. The van der Waals surface area contributed by atoms with Crippen LogP contribution in [0.4, 0.5) is 0 Å². The zero-order valence-electron chi connectivity index (χ0n) is 9.87. The second-order valence-electron chi connectivity index (χ2n) is 4.65. The Labute approximate surface area is 92.7 Å². The largest absolute Gasteiger partial charge is 0.354 e. The van der Waals surface area contributed by atoms with Crippen molar-refractivity contribution in [3.05, 3.63) is 24.0 Å². The van der Waals surface area contributed by atoms with Crippen molar-refractivity contribution in [1.29, 1.82) is 0 Å². The molecule has 1 aliphatic rings. The van der Waals surface area contributed by atoms with Gasteiger partial charge in [0.25, 0.3) is 0 Å².